The van der Waals surface area contributed by atoms with Crippen molar-refractivity contribution in [2.75, 3.05) is 42.5 Å². The Kier molecular flexibility index (Phi) is 6.37. The first-order valence-corrected chi connectivity index (χ1v) is 11.1. The number of aromatic nitrogens is 2. The average molecular weight is 454 g/mol. The number of piperazine rings is 1. The van der Waals surface area contributed by atoms with Crippen LogP contribution in [0.3, 0.4) is 0 Å². The van der Waals surface area contributed by atoms with Gasteiger partial charge in [0.05, 0.1) is 23.5 Å². The second-order valence-electron chi connectivity index (χ2n) is 8.11. The first-order chi connectivity index (χ1) is 15.4. The van der Waals surface area contributed by atoms with E-state index >= 15 is 0 Å². The summed E-state index contributed by atoms with van der Waals surface area (Å²) in [6.07, 6.45) is 2.18. The number of carbonyl (C=O) groups excluding carboxylic acids is 1. The summed E-state index contributed by atoms with van der Waals surface area (Å²) in [6.45, 7) is 15.5. The molecule has 1 aromatic carbocycles. The molecule has 0 bridgehead atoms. The summed E-state index contributed by atoms with van der Waals surface area (Å²) in [4.78, 5) is 27.8. The highest BCUT2D eigenvalue weighted by molar-refractivity contribution is 6.41. The number of ether oxygens (including phenoxy) is 1. The highest BCUT2D eigenvalue weighted by Gasteiger charge is 2.29. The van der Waals surface area contributed by atoms with Crippen molar-refractivity contribution in [2.45, 2.75) is 26.8 Å². The third kappa shape index (κ3) is 4.30. The molecule has 0 unspecified atom stereocenters. The fourth-order valence-electron chi connectivity index (χ4n) is 4.35. The zero-order valence-corrected chi connectivity index (χ0v) is 19.4. The number of nitrogens with zero attached hydrogens (tertiary/aromatic N) is 5. The molecule has 2 aromatic rings. The largest absolute Gasteiger partial charge is 0.433 e. The van der Waals surface area contributed by atoms with Crippen molar-refractivity contribution in [3.63, 3.8) is 0 Å². The van der Waals surface area contributed by atoms with Crippen LogP contribution in [0.4, 0.5) is 11.5 Å². The van der Waals surface area contributed by atoms with Gasteiger partial charge in [0.1, 0.15) is 5.82 Å². The Hall–Kier alpha value is -3.06. The smallest absolute Gasteiger partial charge is 0.323 e. The monoisotopic (exact) mass is 453 g/mol. The molecule has 1 amide bonds. The zero-order valence-electron chi connectivity index (χ0n) is 18.6. The number of carbonyl (C=O) groups is 1. The lowest BCUT2D eigenvalue weighted by molar-refractivity contribution is -0.126. The van der Waals surface area contributed by atoms with E-state index in [2.05, 4.69) is 65.0 Å². The van der Waals surface area contributed by atoms with E-state index in [4.69, 9.17) is 16.3 Å². The number of rotatable bonds is 5. The topological polar surface area (TPSA) is 61.8 Å². The molecule has 0 aliphatic carbocycles. The molecule has 0 radical (unpaired) electrons. The fraction of sp³-hybridized carbons (Fsp3) is 0.375. The van der Waals surface area contributed by atoms with Crippen LogP contribution >= 0.6 is 11.6 Å². The van der Waals surface area contributed by atoms with E-state index in [1.165, 1.54) is 23.1 Å². The Morgan fingerprint density at radius 3 is 2.56 bits per heavy atom. The molecule has 0 spiro atoms. The van der Waals surface area contributed by atoms with E-state index in [0.29, 0.717) is 38.7 Å². The van der Waals surface area contributed by atoms with Crippen LogP contribution in [0, 0.1) is 13.8 Å². The predicted molar refractivity (Wildman–Crippen MR) is 127 cm³/mol. The SMILES string of the molecule is C=COc1nc2c(c(N3CCN(C(=O)C(=C)Cl)CC3)n1)CCN(c1cccc(C)c1C)C2. The van der Waals surface area contributed by atoms with Gasteiger partial charge < -0.3 is 19.4 Å². The molecule has 2 aliphatic heterocycles. The number of hydrogen-bond acceptors (Lipinski definition) is 6. The number of anilines is 2. The van der Waals surface area contributed by atoms with Gasteiger partial charge in [0.2, 0.25) is 0 Å². The number of benzene rings is 1. The second-order valence-corrected chi connectivity index (χ2v) is 8.57. The molecule has 0 saturated carbocycles. The summed E-state index contributed by atoms with van der Waals surface area (Å²) in [5.41, 5.74) is 5.90. The number of aryl methyl sites for hydroxylation is 1. The molecular formula is C24H28ClN5O2. The van der Waals surface area contributed by atoms with Crippen LogP contribution in [-0.2, 0) is 17.8 Å². The average Bonchev–Trinajstić information content (AvgIpc) is 2.79. The molecule has 0 N–H and O–H groups in total. The van der Waals surface area contributed by atoms with Crippen LogP contribution in [0.2, 0.25) is 0 Å². The Bertz CT molecular complexity index is 1060. The summed E-state index contributed by atoms with van der Waals surface area (Å²) in [5.74, 6) is 0.667. The van der Waals surface area contributed by atoms with Gasteiger partial charge in [0.25, 0.3) is 5.91 Å². The highest BCUT2D eigenvalue weighted by Crippen LogP contribution is 2.33. The van der Waals surface area contributed by atoms with Gasteiger partial charge in [-0.25, -0.2) is 0 Å². The first kappa shape index (κ1) is 22.1. The molecule has 8 heteroatoms. The van der Waals surface area contributed by atoms with Gasteiger partial charge in [-0.2, -0.15) is 9.97 Å². The number of hydrogen-bond donors (Lipinski definition) is 0. The van der Waals surface area contributed by atoms with E-state index < -0.39 is 0 Å². The van der Waals surface area contributed by atoms with Crippen molar-refractivity contribution in [1.82, 2.24) is 14.9 Å². The quantitative estimate of drug-likeness (QED) is 0.509. The van der Waals surface area contributed by atoms with Crippen LogP contribution in [0.15, 0.2) is 42.7 Å². The van der Waals surface area contributed by atoms with Gasteiger partial charge >= 0.3 is 6.01 Å². The standard InChI is InChI=1S/C24H28ClN5O2/c1-5-32-24-26-20-15-30(21-8-6-7-16(2)17(21)3)10-9-19(20)22(27-24)28-11-13-29(14-12-28)23(31)18(4)25/h5-8H,1,4,9-15H2,2-3H3. The minimum atomic E-state index is -0.212. The molecule has 1 aromatic heterocycles. The predicted octanol–water partition coefficient (Wildman–Crippen LogP) is 3.58. The third-order valence-electron chi connectivity index (χ3n) is 6.23. The molecule has 2 aliphatic rings. The van der Waals surface area contributed by atoms with Crippen LogP contribution in [-0.4, -0.2) is 53.5 Å². The molecule has 3 heterocycles. The number of amides is 1. The lowest BCUT2D eigenvalue weighted by Crippen LogP contribution is -2.49. The van der Waals surface area contributed by atoms with Crippen molar-refractivity contribution >= 4 is 29.0 Å². The first-order valence-electron chi connectivity index (χ1n) is 10.8. The summed E-state index contributed by atoms with van der Waals surface area (Å²) < 4.78 is 5.48. The van der Waals surface area contributed by atoms with E-state index in [0.717, 1.165) is 30.0 Å². The summed E-state index contributed by atoms with van der Waals surface area (Å²) in [7, 11) is 0. The minimum absolute atomic E-state index is 0.0473. The minimum Gasteiger partial charge on any atom is -0.433 e. The Balaban J connectivity index is 1.61. The summed E-state index contributed by atoms with van der Waals surface area (Å²) in [5, 5.41) is 0.0473. The van der Waals surface area contributed by atoms with Crippen LogP contribution < -0.4 is 14.5 Å². The van der Waals surface area contributed by atoms with Gasteiger partial charge in [0, 0.05) is 44.0 Å². The van der Waals surface area contributed by atoms with Crippen LogP contribution in [0.25, 0.3) is 0 Å². The van der Waals surface area contributed by atoms with Gasteiger partial charge in [-0.15, -0.1) is 0 Å². The zero-order chi connectivity index (χ0) is 22.8. The van der Waals surface area contributed by atoms with Crippen LogP contribution in [0.5, 0.6) is 6.01 Å². The van der Waals surface area contributed by atoms with Crippen LogP contribution in [0.1, 0.15) is 22.4 Å². The molecule has 1 saturated heterocycles. The van der Waals surface area contributed by atoms with Crippen molar-refractivity contribution < 1.29 is 9.53 Å². The molecule has 0 atom stereocenters. The molecule has 168 valence electrons. The Morgan fingerprint density at radius 1 is 1.12 bits per heavy atom. The maximum Gasteiger partial charge on any atom is 0.323 e. The van der Waals surface area contributed by atoms with Crippen molar-refractivity contribution in [3.8, 4) is 6.01 Å². The van der Waals surface area contributed by atoms with Gasteiger partial charge in [0.15, 0.2) is 0 Å². The van der Waals surface area contributed by atoms with E-state index in [1.54, 1.807) is 4.90 Å². The lowest BCUT2D eigenvalue weighted by atomic mass is 10.0. The highest BCUT2D eigenvalue weighted by atomic mass is 35.5. The Morgan fingerprint density at radius 2 is 1.88 bits per heavy atom. The van der Waals surface area contributed by atoms with Crippen molar-refractivity contribution in [3.05, 3.63) is 65.0 Å². The van der Waals surface area contributed by atoms with Crippen molar-refractivity contribution in [1.29, 1.82) is 0 Å². The van der Waals surface area contributed by atoms with Gasteiger partial charge in [-0.1, -0.05) is 36.9 Å². The fourth-order valence-corrected chi connectivity index (χ4v) is 4.47. The maximum absolute atomic E-state index is 12.1. The summed E-state index contributed by atoms with van der Waals surface area (Å²) >= 11 is 5.80. The molecule has 7 nitrogen and oxygen atoms in total. The third-order valence-corrected chi connectivity index (χ3v) is 6.39. The van der Waals surface area contributed by atoms with E-state index in [9.17, 15) is 4.79 Å². The molecule has 1 fully saturated rings. The number of halogens is 1. The van der Waals surface area contributed by atoms with Gasteiger partial charge in [-0.05, 0) is 37.5 Å². The Labute approximate surface area is 194 Å². The van der Waals surface area contributed by atoms with E-state index in [-0.39, 0.29) is 10.9 Å². The molecule has 32 heavy (non-hydrogen) atoms. The molecular weight excluding hydrogens is 426 g/mol. The normalized spacial score (nSPS) is 15.9. The maximum atomic E-state index is 12.1. The molecule has 4 rings (SSSR count). The van der Waals surface area contributed by atoms with E-state index in [1.807, 2.05) is 0 Å². The van der Waals surface area contributed by atoms with Crippen molar-refractivity contribution in [2.24, 2.45) is 0 Å². The number of fused-ring (bicyclic) bond motifs is 1. The van der Waals surface area contributed by atoms with Gasteiger partial charge in [-0.3, -0.25) is 4.79 Å². The lowest BCUT2D eigenvalue weighted by Gasteiger charge is -2.38. The second kappa shape index (κ2) is 9.20. The summed E-state index contributed by atoms with van der Waals surface area (Å²) in [6, 6.07) is 6.69.